The molecule has 4 N–H and O–H groups in total. The summed E-state index contributed by atoms with van der Waals surface area (Å²) in [6, 6.07) is 1.78. The number of rotatable bonds is 3. The van der Waals surface area contributed by atoms with Crippen LogP contribution in [0.2, 0.25) is 0 Å². The van der Waals surface area contributed by atoms with Gasteiger partial charge in [-0.1, -0.05) is 0 Å². The van der Waals surface area contributed by atoms with E-state index in [0.717, 1.165) is 10.7 Å². The van der Waals surface area contributed by atoms with E-state index < -0.39 is 0 Å². The Morgan fingerprint density at radius 1 is 1.62 bits per heavy atom. The Hall–Kier alpha value is -1.63. The summed E-state index contributed by atoms with van der Waals surface area (Å²) in [4.78, 5) is 0. The lowest BCUT2D eigenvalue weighted by Gasteiger charge is -1.96. The van der Waals surface area contributed by atoms with E-state index in [2.05, 4.69) is 25.1 Å². The van der Waals surface area contributed by atoms with E-state index in [1.165, 1.54) is 11.5 Å². The maximum Gasteiger partial charge on any atom is 0.139 e. The maximum absolute atomic E-state index is 5.45. The molecular formula is C6H8N6S. The van der Waals surface area contributed by atoms with Crippen molar-refractivity contribution in [3.05, 3.63) is 18.0 Å². The number of nitrogens with two attached hydrogens (primary N) is 1. The van der Waals surface area contributed by atoms with E-state index in [-0.39, 0.29) is 0 Å². The fraction of sp³-hybridized carbons (Fsp3) is 0.167. The highest BCUT2D eigenvalue weighted by Crippen LogP contribution is 2.17. The fourth-order valence-electron chi connectivity index (χ4n) is 0.860. The smallest absolute Gasteiger partial charge is 0.139 e. The molecule has 0 atom stereocenters. The van der Waals surface area contributed by atoms with Crippen molar-refractivity contribution in [2.24, 2.45) is 0 Å². The number of hydrogen-bond donors (Lipinski definition) is 3. The maximum atomic E-state index is 5.45. The Morgan fingerprint density at radius 2 is 2.54 bits per heavy atom. The zero-order chi connectivity index (χ0) is 9.10. The third-order valence-electron chi connectivity index (χ3n) is 1.44. The van der Waals surface area contributed by atoms with Crippen molar-refractivity contribution in [1.29, 1.82) is 0 Å². The fourth-order valence-corrected chi connectivity index (χ4v) is 1.43. The summed E-state index contributed by atoms with van der Waals surface area (Å²) >= 11 is 1.33. The van der Waals surface area contributed by atoms with Gasteiger partial charge in [-0.3, -0.25) is 0 Å². The van der Waals surface area contributed by atoms with E-state index >= 15 is 0 Å². The molecule has 0 bridgehead atoms. The zero-order valence-electron chi connectivity index (χ0n) is 6.69. The highest BCUT2D eigenvalue weighted by molar-refractivity contribution is 7.10. The van der Waals surface area contributed by atoms with Crippen LogP contribution in [0.1, 0.15) is 5.69 Å². The van der Waals surface area contributed by atoms with Gasteiger partial charge in [-0.25, -0.2) is 0 Å². The predicted molar refractivity (Wildman–Crippen MR) is 50.2 cm³/mol. The van der Waals surface area contributed by atoms with Crippen LogP contribution < -0.4 is 11.1 Å². The number of nitrogen functional groups attached to an aromatic ring is 1. The second-order valence-electron chi connectivity index (χ2n) is 2.43. The molecular weight excluding hydrogens is 188 g/mol. The Balaban J connectivity index is 1.93. The summed E-state index contributed by atoms with van der Waals surface area (Å²) in [5.74, 6) is 0.535. The average molecular weight is 196 g/mol. The van der Waals surface area contributed by atoms with E-state index in [1.54, 1.807) is 12.3 Å². The van der Waals surface area contributed by atoms with Crippen LogP contribution in [-0.4, -0.2) is 19.8 Å². The van der Waals surface area contributed by atoms with Crippen LogP contribution in [-0.2, 0) is 6.54 Å². The van der Waals surface area contributed by atoms with Gasteiger partial charge in [0.05, 0.1) is 12.7 Å². The largest absolute Gasteiger partial charge is 0.383 e. The lowest BCUT2D eigenvalue weighted by atomic mass is 10.5. The number of nitrogens with one attached hydrogen (secondary N) is 2. The predicted octanol–water partition coefficient (Wildman–Crippen LogP) is 0.455. The van der Waals surface area contributed by atoms with Crippen LogP contribution in [0.15, 0.2) is 12.3 Å². The molecule has 0 radical (unpaired) electrons. The van der Waals surface area contributed by atoms with Crippen molar-refractivity contribution in [3.8, 4) is 0 Å². The summed E-state index contributed by atoms with van der Waals surface area (Å²) in [6.07, 6.45) is 1.66. The summed E-state index contributed by atoms with van der Waals surface area (Å²) < 4.78 is 3.93. The summed E-state index contributed by atoms with van der Waals surface area (Å²) in [7, 11) is 0. The first-order valence-electron chi connectivity index (χ1n) is 3.65. The topological polar surface area (TPSA) is 92.5 Å². The van der Waals surface area contributed by atoms with Crippen LogP contribution in [0, 0.1) is 0 Å². The standard InChI is InChI=1S/C6H8N6S/c7-5-1-6(13-11-5)8-2-4-3-9-12-10-4/h1,3,8H,2H2,(H2,7,11)(H,9,10,12). The molecule has 0 unspecified atom stereocenters. The van der Waals surface area contributed by atoms with Gasteiger partial charge in [0, 0.05) is 6.07 Å². The highest BCUT2D eigenvalue weighted by atomic mass is 32.1. The van der Waals surface area contributed by atoms with Crippen molar-refractivity contribution in [2.45, 2.75) is 6.54 Å². The molecule has 2 aromatic rings. The molecule has 0 saturated heterocycles. The molecule has 2 heterocycles. The van der Waals surface area contributed by atoms with E-state index in [0.29, 0.717) is 12.4 Å². The van der Waals surface area contributed by atoms with E-state index in [9.17, 15) is 0 Å². The van der Waals surface area contributed by atoms with Crippen LogP contribution in [0.4, 0.5) is 10.8 Å². The Bertz CT molecular complexity index is 366. The van der Waals surface area contributed by atoms with Gasteiger partial charge in [-0.05, 0) is 11.5 Å². The molecule has 0 saturated carbocycles. The molecule has 0 spiro atoms. The van der Waals surface area contributed by atoms with E-state index in [1.807, 2.05) is 0 Å². The minimum atomic E-state index is 0.535. The van der Waals surface area contributed by atoms with Gasteiger partial charge >= 0.3 is 0 Å². The minimum Gasteiger partial charge on any atom is -0.383 e. The van der Waals surface area contributed by atoms with Gasteiger partial charge in [0.15, 0.2) is 0 Å². The Kier molecular flexibility index (Phi) is 2.09. The molecule has 6 nitrogen and oxygen atoms in total. The van der Waals surface area contributed by atoms with Gasteiger partial charge in [0.1, 0.15) is 16.5 Å². The first kappa shape index (κ1) is 7.99. The molecule has 0 aromatic carbocycles. The van der Waals surface area contributed by atoms with Crippen LogP contribution >= 0.6 is 11.5 Å². The number of anilines is 2. The summed E-state index contributed by atoms with van der Waals surface area (Å²) in [6.45, 7) is 0.623. The summed E-state index contributed by atoms with van der Waals surface area (Å²) in [5, 5.41) is 14.2. The number of hydrogen-bond acceptors (Lipinski definition) is 6. The molecule has 0 fully saturated rings. The SMILES string of the molecule is Nc1cc(NCc2cn[nH]n2)sn1. The second kappa shape index (κ2) is 3.40. The van der Waals surface area contributed by atoms with Gasteiger partial charge in [0.25, 0.3) is 0 Å². The molecule has 0 amide bonds. The molecule has 7 heteroatoms. The van der Waals surface area contributed by atoms with Crippen molar-refractivity contribution in [1.82, 2.24) is 19.8 Å². The van der Waals surface area contributed by atoms with Gasteiger partial charge in [-0.15, -0.1) is 0 Å². The molecule has 0 aliphatic carbocycles. The molecule has 68 valence electrons. The van der Waals surface area contributed by atoms with E-state index in [4.69, 9.17) is 5.73 Å². The first-order chi connectivity index (χ1) is 6.34. The lowest BCUT2D eigenvalue weighted by molar-refractivity contribution is 0.911. The third kappa shape index (κ3) is 1.94. The Morgan fingerprint density at radius 3 is 3.15 bits per heavy atom. The number of aromatic nitrogens is 4. The molecule has 0 aliphatic rings. The molecule has 2 aromatic heterocycles. The number of aromatic amines is 1. The molecule has 0 aliphatic heterocycles. The van der Waals surface area contributed by atoms with Crippen molar-refractivity contribution < 1.29 is 0 Å². The minimum absolute atomic E-state index is 0.535. The van der Waals surface area contributed by atoms with Crippen LogP contribution in [0.5, 0.6) is 0 Å². The van der Waals surface area contributed by atoms with Crippen LogP contribution in [0.3, 0.4) is 0 Å². The monoisotopic (exact) mass is 196 g/mol. The highest BCUT2D eigenvalue weighted by Gasteiger charge is 1.99. The zero-order valence-corrected chi connectivity index (χ0v) is 7.51. The van der Waals surface area contributed by atoms with Crippen molar-refractivity contribution in [2.75, 3.05) is 11.1 Å². The van der Waals surface area contributed by atoms with Crippen LogP contribution in [0.25, 0.3) is 0 Å². The number of H-pyrrole nitrogens is 1. The normalized spacial score (nSPS) is 10.2. The van der Waals surface area contributed by atoms with Gasteiger partial charge in [0.2, 0.25) is 0 Å². The first-order valence-corrected chi connectivity index (χ1v) is 4.42. The summed E-state index contributed by atoms with van der Waals surface area (Å²) in [5.41, 5.74) is 6.31. The quantitative estimate of drug-likeness (QED) is 0.663. The van der Waals surface area contributed by atoms with Crippen molar-refractivity contribution >= 4 is 22.4 Å². The van der Waals surface area contributed by atoms with Gasteiger partial charge in [-0.2, -0.15) is 19.8 Å². The van der Waals surface area contributed by atoms with Gasteiger partial charge < -0.3 is 11.1 Å². The Labute approximate surface area is 78.3 Å². The lowest BCUT2D eigenvalue weighted by Crippen LogP contribution is -1.97. The molecule has 2 rings (SSSR count). The third-order valence-corrected chi connectivity index (χ3v) is 2.20. The number of nitrogens with zero attached hydrogens (tertiary/aromatic N) is 3. The average Bonchev–Trinajstić information content (AvgIpc) is 2.71. The second-order valence-corrected chi connectivity index (χ2v) is 3.24. The molecule has 13 heavy (non-hydrogen) atoms. The van der Waals surface area contributed by atoms with Crippen molar-refractivity contribution in [3.63, 3.8) is 0 Å².